The van der Waals surface area contributed by atoms with Crippen LogP contribution in [0.15, 0.2) is 36.4 Å². The second-order valence-corrected chi connectivity index (χ2v) is 6.27. The highest BCUT2D eigenvalue weighted by Crippen LogP contribution is 2.36. The number of carbonyl (C=O) groups is 2. The fraction of sp³-hybridized carbons (Fsp3) is 0.263. The normalized spacial score (nSPS) is 10.4. The minimum absolute atomic E-state index is 0.119. The van der Waals surface area contributed by atoms with Crippen LogP contribution >= 0.6 is 11.6 Å². The standard InChI is InChI=1S/C19H21ClN2O4/c1-11(2)18(23)21-13-7-5-6-12(8-13)19(24)22-15-10-16(25-3)14(20)9-17(15)26-4/h5-11H,1-4H3,(H,21,23)(H,22,24). The van der Waals surface area contributed by atoms with Gasteiger partial charge in [0.1, 0.15) is 11.5 Å². The van der Waals surface area contributed by atoms with Crippen molar-refractivity contribution < 1.29 is 19.1 Å². The molecule has 0 aromatic heterocycles. The van der Waals surface area contributed by atoms with Crippen LogP contribution in [0.1, 0.15) is 24.2 Å². The van der Waals surface area contributed by atoms with Gasteiger partial charge < -0.3 is 20.1 Å². The third kappa shape index (κ3) is 4.67. The summed E-state index contributed by atoms with van der Waals surface area (Å²) in [6, 6.07) is 9.83. The molecule has 0 atom stereocenters. The molecular formula is C19H21ClN2O4. The maximum atomic E-state index is 12.6. The number of nitrogens with one attached hydrogen (secondary N) is 2. The van der Waals surface area contributed by atoms with Crippen LogP contribution in [0.2, 0.25) is 5.02 Å². The van der Waals surface area contributed by atoms with Gasteiger partial charge in [0.15, 0.2) is 0 Å². The van der Waals surface area contributed by atoms with Crippen LogP contribution in [0.25, 0.3) is 0 Å². The average Bonchev–Trinajstić information content (AvgIpc) is 2.62. The molecule has 0 spiro atoms. The predicted molar refractivity (Wildman–Crippen MR) is 102 cm³/mol. The molecule has 0 aliphatic carbocycles. The molecule has 26 heavy (non-hydrogen) atoms. The summed E-state index contributed by atoms with van der Waals surface area (Å²) in [7, 11) is 2.97. The van der Waals surface area contributed by atoms with Crippen molar-refractivity contribution in [1.82, 2.24) is 0 Å². The number of rotatable bonds is 6. The van der Waals surface area contributed by atoms with Gasteiger partial charge in [-0.05, 0) is 18.2 Å². The van der Waals surface area contributed by atoms with Crippen molar-refractivity contribution in [3.63, 3.8) is 0 Å². The Kier molecular flexibility index (Phi) is 6.46. The van der Waals surface area contributed by atoms with Crippen molar-refractivity contribution in [1.29, 1.82) is 0 Å². The summed E-state index contributed by atoms with van der Waals surface area (Å²) in [6.45, 7) is 3.60. The molecule has 7 heteroatoms. The van der Waals surface area contributed by atoms with Crippen LogP contribution in [0.4, 0.5) is 11.4 Å². The SMILES string of the molecule is COc1cc(NC(=O)c2cccc(NC(=O)C(C)C)c2)c(OC)cc1Cl. The van der Waals surface area contributed by atoms with Gasteiger partial charge in [0, 0.05) is 29.3 Å². The lowest BCUT2D eigenvalue weighted by molar-refractivity contribution is -0.118. The highest BCUT2D eigenvalue weighted by atomic mass is 35.5. The molecule has 0 aliphatic heterocycles. The number of halogens is 1. The highest BCUT2D eigenvalue weighted by Gasteiger charge is 2.15. The molecule has 0 fully saturated rings. The van der Waals surface area contributed by atoms with Crippen LogP contribution in [0.5, 0.6) is 11.5 Å². The molecule has 0 saturated carbocycles. The lowest BCUT2D eigenvalue weighted by atomic mass is 10.1. The summed E-state index contributed by atoms with van der Waals surface area (Å²) >= 11 is 6.07. The number of benzene rings is 2. The highest BCUT2D eigenvalue weighted by molar-refractivity contribution is 6.32. The zero-order chi connectivity index (χ0) is 19.3. The van der Waals surface area contributed by atoms with E-state index in [1.54, 1.807) is 50.2 Å². The Hall–Kier alpha value is -2.73. The molecule has 0 unspecified atom stereocenters. The predicted octanol–water partition coefficient (Wildman–Crippen LogP) is 4.20. The van der Waals surface area contributed by atoms with Crippen LogP contribution < -0.4 is 20.1 Å². The van der Waals surface area contributed by atoms with E-state index < -0.39 is 0 Å². The first-order chi connectivity index (χ1) is 12.3. The molecule has 2 rings (SSSR count). The minimum atomic E-state index is -0.353. The van der Waals surface area contributed by atoms with Gasteiger partial charge >= 0.3 is 0 Å². The molecule has 2 amide bonds. The number of hydrogen-bond donors (Lipinski definition) is 2. The molecule has 2 aromatic carbocycles. The summed E-state index contributed by atoms with van der Waals surface area (Å²) in [5.41, 5.74) is 1.37. The van der Waals surface area contributed by atoms with Crippen LogP contribution in [0, 0.1) is 5.92 Å². The maximum absolute atomic E-state index is 12.6. The smallest absolute Gasteiger partial charge is 0.255 e. The molecule has 0 saturated heterocycles. The van der Waals surface area contributed by atoms with Gasteiger partial charge in [0.05, 0.1) is 24.9 Å². The largest absolute Gasteiger partial charge is 0.495 e. The molecule has 0 radical (unpaired) electrons. The summed E-state index contributed by atoms with van der Waals surface area (Å²) in [6.07, 6.45) is 0. The first-order valence-electron chi connectivity index (χ1n) is 7.99. The lowest BCUT2D eigenvalue weighted by Gasteiger charge is -2.14. The van der Waals surface area contributed by atoms with Crippen molar-refractivity contribution in [2.75, 3.05) is 24.9 Å². The third-order valence-electron chi connectivity index (χ3n) is 3.64. The molecule has 6 nitrogen and oxygen atoms in total. The Morgan fingerprint density at radius 1 is 1.00 bits per heavy atom. The van der Waals surface area contributed by atoms with Gasteiger partial charge in [0.25, 0.3) is 5.91 Å². The van der Waals surface area contributed by atoms with Gasteiger partial charge in [-0.25, -0.2) is 0 Å². The Morgan fingerprint density at radius 3 is 2.31 bits per heavy atom. The van der Waals surface area contributed by atoms with Crippen LogP contribution in [-0.4, -0.2) is 26.0 Å². The van der Waals surface area contributed by atoms with Gasteiger partial charge in [-0.2, -0.15) is 0 Å². The molecule has 2 aromatic rings. The first kappa shape index (κ1) is 19.6. The Morgan fingerprint density at radius 2 is 1.69 bits per heavy atom. The number of methoxy groups -OCH3 is 2. The van der Waals surface area contributed by atoms with Gasteiger partial charge in [-0.1, -0.05) is 31.5 Å². The van der Waals surface area contributed by atoms with Gasteiger partial charge in [-0.3, -0.25) is 9.59 Å². The fourth-order valence-corrected chi connectivity index (χ4v) is 2.41. The third-order valence-corrected chi connectivity index (χ3v) is 3.93. The zero-order valence-electron chi connectivity index (χ0n) is 15.1. The quantitative estimate of drug-likeness (QED) is 0.792. The maximum Gasteiger partial charge on any atom is 0.255 e. The molecular weight excluding hydrogens is 356 g/mol. The molecule has 2 N–H and O–H groups in total. The van der Waals surface area contributed by atoms with Crippen molar-refractivity contribution in [2.24, 2.45) is 5.92 Å². The summed E-state index contributed by atoms with van der Waals surface area (Å²) in [5.74, 6) is 0.201. The Balaban J connectivity index is 2.24. The minimum Gasteiger partial charge on any atom is -0.495 e. The van der Waals surface area contributed by atoms with E-state index in [-0.39, 0.29) is 17.7 Å². The van der Waals surface area contributed by atoms with E-state index in [1.807, 2.05) is 0 Å². The van der Waals surface area contributed by atoms with Gasteiger partial charge in [0.2, 0.25) is 5.91 Å². The van der Waals surface area contributed by atoms with E-state index in [9.17, 15) is 9.59 Å². The van der Waals surface area contributed by atoms with Crippen molar-refractivity contribution in [3.05, 3.63) is 47.0 Å². The van der Waals surface area contributed by atoms with Crippen molar-refractivity contribution >= 4 is 34.8 Å². The lowest BCUT2D eigenvalue weighted by Crippen LogP contribution is -2.18. The van der Waals surface area contributed by atoms with E-state index in [2.05, 4.69) is 10.6 Å². The summed E-state index contributed by atoms with van der Waals surface area (Å²) in [5, 5.41) is 5.91. The summed E-state index contributed by atoms with van der Waals surface area (Å²) in [4.78, 5) is 24.4. The van der Waals surface area contributed by atoms with E-state index in [0.29, 0.717) is 33.5 Å². The molecule has 0 aliphatic rings. The Labute approximate surface area is 157 Å². The average molecular weight is 377 g/mol. The first-order valence-corrected chi connectivity index (χ1v) is 8.37. The second kappa shape index (κ2) is 8.58. The fourth-order valence-electron chi connectivity index (χ4n) is 2.18. The molecule has 0 bridgehead atoms. The number of ether oxygens (including phenoxy) is 2. The van der Waals surface area contributed by atoms with E-state index in [1.165, 1.54) is 14.2 Å². The zero-order valence-corrected chi connectivity index (χ0v) is 15.8. The second-order valence-electron chi connectivity index (χ2n) is 5.87. The van der Waals surface area contributed by atoms with Crippen molar-refractivity contribution in [2.45, 2.75) is 13.8 Å². The molecule has 138 valence electrons. The number of anilines is 2. The van der Waals surface area contributed by atoms with E-state index in [0.717, 1.165) is 0 Å². The van der Waals surface area contributed by atoms with E-state index in [4.69, 9.17) is 21.1 Å². The number of carbonyl (C=O) groups excluding carboxylic acids is 2. The Bertz CT molecular complexity index is 821. The molecule has 0 heterocycles. The van der Waals surface area contributed by atoms with Crippen LogP contribution in [-0.2, 0) is 4.79 Å². The number of hydrogen-bond acceptors (Lipinski definition) is 4. The topological polar surface area (TPSA) is 76.7 Å². The van der Waals surface area contributed by atoms with Gasteiger partial charge in [-0.15, -0.1) is 0 Å². The monoisotopic (exact) mass is 376 g/mol. The summed E-state index contributed by atoms with van der Waals surface area (Å²) < 4.78 is 10.4. The number of amides is 2. The van der Waals surface area contributed by atoms with E-state index >= 15 is 0 Å². The van der Waals surface area contributed by atoms with Crippen LogP contribution in [0.3, 0.4) is 0 Å². The van der Waals surface area contributed by atoms with Crippen molar-refractivity contribution in [3.8, 4) is 11.5 Å².